The molecule has 0 fully saturated rings. The lowest BCUT2D eigenvalue weighted by Crippen LogP contribution is -2.10. The van der Waals surface area contributed by atoms with Crippen molar-refractivity contribution in [2.75, 3.05) is 5.32 Å². The summed E-state index contributed by atoms with van der Waals surface area (Å²) in [6.45, 7) is 0.726. The molecular weight excluding hydrogens is 280 g/mol. The van der Waals surface area contributed by atoms with Crippen LogP contribution in [-0.4, -0.2) is 14.8 Å². The summed E-state index contributed by atoms with van der Waals surface area (Å²) in [5, 5.41) is 9.81. The fourth-order valence-corrected chi connectivity index (χ4v) is 2.61. The van der Waals surface area contributed by atoms with Crippen molar-refractivity contribution in [2.24, 2.45) is 12.8 Å². The topological polar surface area (TPSA) is 55.9 Å². The number of benzene rings is 2. The molecule has 0 radical (unpaired) electrons. The van der Waals surface area contributed by atoms with Gasteiger partial charge in [0.2, 0.25) is 0 Å². The van der Waals surface area contributed by atoms with Gasteiger partial charge in [0.25, 0.3) is 0 Å². The largest absolute Gasteiger partial charge is 0.389 e. The van der Waals surface area contributed by atoms with Crippen molar-refractivity contribution in [3.8, 4) is 0 Å². The number of hydrogen-bond donors (Lipinski definition) is 2. The lowest BCUT2D eigenvalue weighted by Gasteiger charge is -2.12. The molecule has 0 unspecified atom stereocenters. The van der Waals surface area contributed by atoms with Crippen LogP contribution < -0.4 is 11.1 Å². The maximum Gasteiger partial charge on any atom is 0.104 e. The van der Waals surface area contributed by atoms with E-state index in [1.807, 2.05) is 49.8 Å². The third-order valence-electron chi connectivity index (χ3n) is 3.43. The molecule has 0 amide bonds. The first-order valence-electron chi connectivity index (χ1n) is 6.68. The molecule has 0 aliphatic carbocycles. The van der Waals surface area contributed by atoms with Gasteiger partial charge >= 0.3 is 0 Å². The van der Waals surface area contributed by atoms with Crippen LogP contribution in [0.5, 0.6) is 0 Å². The van der Waals surface area contributed by atoms with E-state index in [-0.39, 0.29) is 0 Å². The van der Waals surface area contributed by atoms with Gasteiger partial charge in [0.05, 0.1) is 6.20 Å². The Labute approximate surface area is 128 Å². The highest BCUT2D eigenvalue weighted by atomic mass is 32.1. The van der Waals surface area contributed by atoms with Crippen LogP contribution in [0.15, 0.2) is 48.8 Å². The van der Waals surface area contributed by atoms with Crippen LogP contribution in [0.4, 0.5) is 5.69 Å². The summed E-state index contributed by atoms with van der Waals surface area (Å²) in [7, 11) is 1.91. The molecule has 5 heteroatoms. The van der Waals surface area contributed by atoms with Gasteiger partial charge in [-0.05, 0) is 17.5 Å². The van der Waals surface area contributed by atoms with Gasteiger partial charge in [0.1, 0.15) is 4.99 Å². The Hall–Kier alpha value is -2.40. The number of aromatic nitrogens is 2. The Kier molecular flexibility index (Phi) is 3.58. The fourth-order valence-electron chi connectivity index (χ4n) is 2.43. The molecule has 3 N–H and O–H groups in total. The summed E-state index contributed by atoms with van der Waals surface area (Å²) in [5.41, 5.74) is 8.91. The summed E-state index contributed by atoms with van der Waals surface area (Å²) in [6.07, 6.45) is 3.86. The molecule has 21 heavy (non-hydrogen) atoms. The SMILES string of the molecule is Cn1cc(CNc2ccc(C(N)=S)c3ccccc23)cn1. The second-order valence-corrected chi connectivity index (χ2v) is 5.39. The van der Waals surface area contributed by atoms with E-state index >= 15 is 0 Å². The lowest BCUT2D eigenvalue weighted by molar-refractivity contribution is 0.767. The van der Waals surface area contributed by atoms with Crippen molar-refractivity contribution in [3.63, 3.8) is 0 Å². The molecule has 3 aromatic rings. The summed E-state index contributed by atoms with van der Waals surface area (Å²) < 4.78 is 1.80. The Balaban J connectivity index is 1.96. The smallest absolute Gasteiger partial charge is 0.104 e. The lowest BCUT2D eigenvalue weighted by atomic mass is 10.0. The maximum atomic E-state index is 5.80. The van der Waals surface area contributed by atoms with Crippen molar-refractivity contribution in [1.29, 1.82) is 0 Å². The van der Waals surface area contributed by atoms with Crippen molar-refractivity contribution in [1.82, 2.24) is 9.78 Å². The van der Waals surface area contributed by atoms with Crippen molar-refractivity contribution in [2.45, 2.75) is 6.54 Å². The summed E-state index contributed by atoms with van der Waals surface area (Å²) in [4.78, 5) is 0.421. The van der Waals surface area contributed by atoms with E-state index in [9.17, 15) is 0 Å². The number of nitrogens with zero attached hydrogens (tertiary/aromatic N) is 2. The average molecular weight is 296 g/mol. The van der Waals surface area contributed by atoms with Crippen LogP contribution in [0.3, 0.4) is 0 Å². The van der Waals surface area contributed by atoms with E-state index < -0.39 is 0 Å². The minimum atomic E-state index is 0.421. The Morgan fingerprint density at radius 1 is 1.24 bits per heavy atom. The number of fused-ring (bicyclic) bond motifs is 1. The van der Waals surface area contributed by atoms with Crippen molar-refractivity contribution < 1.29 is 0 Å². The summed E-state index contributed by atoms with van der Waals surface area (Å²) in [5.74, 6) is 0. The van der Waals surface area contributed by atoms with Crippen molar-refractivity contribution >= 4 is 33.7 Å². The number of rotatable bonds is 4. The minimum absolute atomic E-state index is 0.421. The van der Waals surface area contributed by atoms with Crippen LogP contribution in [0, 0.1) is 0 Å². The second kappa shape index (κ2) is 5.54. The number of anilines is 1. The normalized spacial score (nSPS) is 10.7. The van der Waals surface area contributed by atoms with E-state index in [4.69, 9.17) is 18.0 Å². The molecule has 106 valence electrons. The van der Waals surface area contributed by atoms with Gasteiger partial charge in [-0.15, -0.1) is 0 Å². The Morgan fingerprint density at radius 2 is 2.00 bits per heavy atom. The highest BCUT2D eigenvalue weighted by Crippen LogP contribution is 2.27. The van der Waals surface area contributed by atoms with E-state index in [1.165, 1.54) is 0 Å². The molecule has 0 bridgehead atoms. The molecule has 0 atom stereocenters. The zero-order valence-electron chi connectivity index (χ0n) is 11.7. The van der Waals surface area contributed by atoms with Crippen LogP contribution in [-0.2, 0) is 13.6 Å². The molecule has 0 saturated heterocycles. The van der Waals surface area contributed by atoms with Crippen LogP contribution in [0.1, 0.15) is 11.1 Å². The van der Waals surface area contributed by atoms with Gasteiger partial charge in [-0.1, -0.05) is 36.5 Å². The third-order valence-corrected chi connectivity index (χ3v) is 3.65. The minimum Gasteiger partial charge on any atom is -0.389 e. The van der Waals surface area contributed by atoms with Gasteiger partial charge in [0, 0.05) is 42.0 Å². The van der Waals surface area contributed by atoms with Gasteiger partial charge in [0.15, 0.2) is 0 Å². The van der Waals surface area contributed by atoms with Gasteiger partial charge < -0.3 is 11.1 Å². The van der Waals surface area contributed by atoms with Gasteiger partial charge in [-0.25, -0.2) is 0 Å². The zero-order valence-corrected chi connectivity index (χ0v) is 12.5. The van der Waals surface area contributed by atoms with Gasteiger partial charge in [-0.2, -0.15) is 5.10 Å². The molecular formula is C16H16N4S. The highest BCUT2D eigenvalue weighted by Gasteiger charge is 2.07. The maximum absolute atomic E-state index is 5.80. The Bertz CT molecular complexity index is 807. The van der Waals surface area contributed by atoms with Crippen LogP contribution >= 0.6 is 12.2 Å². The number of nitrogens with two attached hydrogens (primary N) is 1. The predicted octanol–water partition coefficient (Wildman–Crippen LogP) is 2.82. The molecule has 0 saturated carbocycles. The Morgan fingerprint density at radius 3 is 2.67 bits per heavy atom. The van der Waals surface area contributed by atoms with E-state index in [0.717, 1.165) is 34.1 Å². The van der Waals surface area contributed by atoms with E-state index in [0.29, 0.717) is 4.99 Å². The fraction of sp³-hybridized carbons (Fsp3) is 0.125. The van der Waals surface area contributed by atoms with Crippen LogP contribution in [0.25, 0.3) is 10.8 Å². The van der Waals surface area contributed by atoms with Crippen molar-refractivity contribution in [3.05, 3.63) is 59.9 Å². The second-order valence-electron chi connectivity index (χ2n) is 4.95. The molecule has 3 rings (SSSR count). The first kappa shape index (κ1) is 13.6. The molecule has 0 aliphatic heterocycles. The molecule has 1 aromatic heterocycles. The molecule has 0 aliphatic rings. The van der Waals surface area contributed by atoms with Crippen LogP contribution in [0.2, 0.25) is 0 Å². The third kappa shape index (κ3) is 2.73. The standard InChI is InChI=1S/C16H16N4S/c1-20-10-11(9-19-20)8-18-15-7-6-14(16(17)21)12-4-2-3-5-13(12)15/h2-7,9-10,18H,8H2,1H3,(H2,17,21). The average Bonchev–Trinajstić information content (AvgIpc) is 2.90. The zero-order chi connectivity index (χ0) is 14.8. The predicted molar refractivity (Wildman–Crippen MR) is 90.4 cm³/mol. The first-order chi connectivity index (χ1) is 10.1. The monoisotopic (exact) mass is 296 g/mol. The number of thiocarbonyl (C=S) groups is 1. The number of aryl methyl sites for hydroxylation is 1. The molecule has 4 nitrogen and oxygen atoms in total. The number of hydrogen-bond acceptors (Lipinski definition) is 3. The first-order valence-corrected chi connectivity index (χ1v) is 7.09. The molecule has 2 aromatic carbocycles. The van der Waals surface area contributed by atoms with E-state index in [1.54, 1.807) is 4.68 Å². The quantitative estimate of drug-likeness (QED) is 0.727. The van der Waals surface area contributed by atoms with E-state index in [2.05, 4.69) is 16.5 Å². The highest BCUT2D eigenvalue weighted by molar-refractivity contribution is 7.80. The summed E-state index contributed by atoms with van der Waals surface area (Å²) in [6, 6.07) is 12.1. The molecule has 0 spiro atoms. The number of nitrogens with one attached hydrogen (secondary N) is 1. The summed E-state index contributed by atoms with van der Waals surface area (Å²) >= 11 is 5.12. The molecule has 1 heterocycles. The van der Waals surface area contributed by atoms with Gasteiger partial charge in [-0.3, -0.25) is 4.68 Å².